The van der Waals surface area contributed by atoms with Gasteiger partial charge in [-0.05, 0) is 47.0 Å². The molecule has 220 valence electrons. The molecule has 1 aromatic heterocycles. The van der Waals surface area contributed by atoms with Crippen LogP contribution in [0.4, 0.5) is 13.2 Å². The van der Waals surface area contributed by atoms with E-state index in [9.17, 15) is 27.6 Å². The van der Waals surface area contributed by atoms with Crippen molar-refractivity contribution in [3.63, 3.8) is 0 Å². The summed E-state index contributed by atoms with van der Waals surface area (Å²) >= 11 is 0. The highest BCUT2D eigenvalue weighted by molar-refractivity contribution is 5.89. The third-order valence-electron chi connectivity index (χ3n) is 5.38. The zero-order valence-corrected chi connectivity index (χ0v) is 23.3. The van der Waals surface area contributed by atoms with Crippen molar-refractivity contribution < 1.29 is 37.0 Å². The number of carbonyl (C=O) groups excluding carboxylic acids is 3. The van der Waals surface area contributed by atoms with Crippen LogP contribution in [0, 0.1) is 0 Å². The molecule has 1 unspecified atom stereocenters. The zero-order chi connectivity index (χ0) is 29.6. The Kier molecular flexibility index (Phi) is 14.5. The van der Waals surface area contributed by atoms with Gasteiger partial charge in [-0.2, -0.15) is 13.2 Å². The fraction of sp³-hybridized carbons (Fsp3) is 0.615. The quantitative estimate of drug-likeness (QED) is 0.278. The molecule has 2 N–H and O–H groups in total. The molecule has 13 heteroatoms. The highest BCUT2D eigenvalue weighted by Crippen LogP contribution is 2.15. The van der Waals surface area contributed by atoms with Crippen molar-refractivity contribution in [3.8, 4) is 0 Å². The molecule has 0 aliphatic carbocycles. The van der Waals surface area contributed by atoms with E-state index in [0.717, 1.165) is 25.3 Å². The molecule has 0 radical (unpaired) electrons. The van der Waals surface area contributed by atoms with Gasteiger partial charge < -0.3 is 29.9 Å². The lowest BCUT2D eigenvalue weighted by Gasteiger charge is -2.27. The van der Waals surface area contributed by atoms with Crippen LogP contribution in [0.3, 0.4) is 0 Å². The van der Waals surface area contributed by atoms with Crippen LogP contribution in [0.5, 0.6) is 0 Å². The van der Waals surface area contributed by atoms with Crippen LogP contribution in [-0.2, 0) is 25.6 Å². The molecule has 1 heterocycles. The van der Waals surface area contributed by atoms with Crippen molar-refractivity contribution in [1.29, 1.82) is 0 Å². The molecule has 0 bridgehead atoms. The molecule has 1 atom stereocenters. The number of hydrogen-bond donors (Lipinski definition) is 2. The SMILES string of the molecule is C=C(CNCc1cc(C(=O)OC(CCNC(=O)C(F)(F)F)CC(=O)OC(C)C)ccn1)N(CC)CCN(C)C. The molecule has 0 fully saturated rings. The summed E-state index contributed by atoms with van der Waals surface area (Å²) in [6.45, 7) is 12.4. The summed E-state index contributed by atoms with van der Waals surface area (Å²) in [5.41, 5.74) is 1.63. The Balaban J connectivity index is 2.76. The van der Waals surface area contributed by atoms with E-state index in [1.165, 1.54) is 18.3 Å². The Morgan fingerprint density at radius 1 is 1.15 bits per heavy atom. The van der Waals surface area contributed by atoms with Crippen LogP contribution in [0.15, 0.2) is 30.6 Å². The van der Waals surface area contributed by atoms with Crippen molar-refractivity contribution >= 4 is 17.8 Å². The number of alkyl halides is 3. The molecule has 1 amide bonds. The number of esters is 2. The smallest absolute Gasteiger partial charge is 0.463 e. The number of aromatic nitrogens is 1. The van der Waals surface area contributed by atoms with Gasteiger partial charge in [0, 0.05) is 57.6 Å². The Hall–Kier alpha value is -3.19. The number of nitrogens with one attached hydrogen (secondary N) is 2. The summed E-state index contributed by atoms with van der Waals surface area (Å²) in [6.07, 6.45) is -5.75. The average molecular weight is 560 g/mol. The van der Waals surface area contributed by atoms with E-state index >= 15 is 0 Å². The Morgan fingerprint density at radius 3 is 2.44 bits per heavy atom. The zero-order valence-electron chi connectivity index (χ0n) is 23.3. The molecular formula is C26H40F3N5O5. The number of halogens is 3. The van der Waals surface area contributed by atoms with Crippen molar-refractivity contribution in [2.75, 3.05) is 46.8 Å². The summed E-state index contributed by atoms with van der Waals surface area (Å²) in [5.74, 6) is -3.59. The second kappa shape index (κ2) is 16.7. The van der Waals surface area contributed by atoms with E-state index in [0.29, 0.717) is 18.8 Å². The maximum Gasteiger partial charge on any atom is 0.471 e. The largest absolute Gasteiger partial charge is 0.471 e. The van der Waals surface area contributed by atoms with E-state index in [1.807, 2.05) is 14.1 Å². The fourth-order valence-corrected chi connectivity index (χ4v) is 3.37. The van der Waals surface area contributed by atoms with Gasteiger partial charge in [-0.15, -0.1) is 0 Å². The molecular weight excluding hydrogens is 519 g/mol. The van der Waals surface area contributed by atoms with Crippen molar-refractivity contribution in [3.05, 3.63) is 41.9 Å². The third-order valence-corrected chi connectivity index (χ3v) is 5.38. The molecule has 1 aromatic rings. The molecule has 1 rings (SSSR count). The Labute approximate surface area is 227 Å². The van der Waals surface area contributed by atoms with E-state index in [4.69, 9.17) is 9.47 Å². The maximum atomic E-state index is 12.8. The third kappa shape index (κ3) is 14.0. The van der Waals surface area contributed by atoms with Gasteiger partial charge in [0.15, 0.2) is 0 Å². The van der Waals surface area contributed by atoms with Gasteiger partial charge >= 0.3 is 24.0 Å². The van der Waals surface area contributed by atoms with Crippen LogP contribution in [0.1, 0.15) is 49.7 Å². The molecule has 0 saturated carbocycles. The first-order valence-electron chi connectivity index (χ1n) is 12.7. The molecule has 0 aliphatic heterocycles. The van der Waals surface area contributed by atoms with E-state index in [-0.39, 0.29) is 18.4 Å². The number of ether oxygens (including phenoxy) is 2. The molecule has 0 saturated heterocycles. The van der Waals surface area contributed by atoms with Gasteiger partial charge in [-0.3, -0.25) is 14.6 Å². The standard InChI is InChI=1S/C26H40F3N5O5/c1-7-34(13-12-33(5)6)19(4)16-30-17-21-14-20(8-10-31-21)24(36)39-22(15-23(35)38-18(2)3)9-11-32-25(37)26(27,28)29/h8,10,14,18,22,30H,4,7,9,11-13,15-17H2,1-3,5-6H3,(H,32,37). The number of nitrogens with zero attached hydrogens (tertiary/aromatic N) is 3. The second-order valence-corrected chi connectivity index (χ2v) is 9.40. The highest BCUT2D eigenvalue weighted by Gasteiger charge is 2.38. The number of rotatable bonds is 17. The van der Waals surface area contributed by atoms with Crippen LogP contribution < -0.4 is 10.6 Å². The number of pyridine rings is 1. The predicted octanol–water partition coefficient (Wildman–Crippen LogP) is 2.50. The van der Waals surface area contributed by atoms with Crippen LogP contribution in [-0.4, -0.2) is 97.8 Å². The maximum absolute atomic E-state index is 12.8. The van der Waals surface area contributed by atoms with E-state index < -0.39 is 42.8 Å². The number of likely N-dealkylation sites (N-methyl/N-ethyl adjacent to an activating group) is 2. The Bertz CT molecular complexity index is 956. The van der Waals surface area contributed by atoms with Crippen LogP contribution in [0.2, 0.25) is 0 Å². The van der Waals surface area contributed by atoms with E-state index in [2.05, 4.69) is 33.6 Å². The summed E-state index contributed by atoms with van der Waals surface area (Å²) in [6, 6.07) is 2.95. The molecule has 0 aliphatic rings. The predicted molar refractivity (Wildman–Crippen MR) is 140 cm³/mol. The average Bonchev–Trinajstić information content (AvgIpc) is 2.83. The lowest BCUT2D eigenvalue weighted by atomic mass is 10.1. The monoisotopic (exact) mass is 559 g/mol. The van der Waals surface area contributed by atoms with Gasteiger partial charge in [0.1, 0.15) is 6.10 Å². The number of hydrogen-bond acceptors (Lipinski definition) is 9. The Morgan fingerprint density at radius 2 is 1.85 bits per heavy atom. The summed E-state index contributed by atoms with van der Waals surface area (Å²) in [7, 11) is 4.01. The first kappa shape index (κ1) is 33.8. The summed E-state index contributed by atoms with van der Waals surface area (Å²) in [4.78, 5) is 44.5. The normalized spacial score (nSPS) is 12.3. The lowest BCUT2D eigenvalue weighted by Crippen LogP contribution is -2.38. The molecule has 10 nitrogen and oxygen atoms in total. The van der Waals surface area contributed by atoms with Gasteiger partial charge in [-0.25, -0.2) is 4.79 Å². The minimum atomic E-state index is -5.04. The van der Waals surface area contributed by atoms with Gasteiger partial charge in [0.05, 0.1) is 23.8 Å². The molecule has 39 heavy (non-hydrogen) atoms. The first-order chi connectivity index (χ1) is 18.2. The summed E-state index contributed by atoms with van der Waals surface area (Å²) < 4.78 is 47.8. The lowest BCUT2D eigenvalue weighted by molar-refractivity contribution is -0.173. The number of carbonyl (C=O) groups is 3. The van der Waals surface area contributed by atoms with Gasteiger partial charge in [0.25, 0.3) is 0 Å². The highest BCUT2D eigenvalue weighted by atomic mass is 19.4. The van der Waals surface area contributed by atoms with Crippen molar-refractivity contribution in [2.45, 2.75) is 58.5 Å². The van der Waals surface area contributed by atoms with Gasteiger partial charge in [0.2, 0.25) is 0 Å². The minimum absolute atomic E-state index is 0.156. The van der Waals surface area contributed by atoms with Gasteiger partial charge in [-0.1, -0.05) is 6.58 Å². The van der Waals surface area contributed by atoms with Crippen molar-refractivity contribution in [2.24, 2.45) is 0 Å². The minimum Gasteiger partial charge on any atom is -0.463 e. The van der Waals surface area contributed by atoms with Crippen LogP contribution >= 0.6 is 0 Å². The van der Waals surface area contributed by atoms with E-state index in [1.54, 1.807) is 19.2 Å². The topological polar surface area (TPSA) is 113 Å². The van der Waals surface area contributed by atoms with Crippen molar-refractivity contribution in [1.82, 2.24) is 25.4 Å². The molecule has 0 aromatic carbocycles. The number of amides is 1. The van der Waals surface area contributed by atoms with Crippen LogP contribution in [0.25, 0.3) is 0 Å². The first-order valence-corrected chi connectivity index (χ1v) is 12.7. The molecule has 0 spiro atoms. The second-order valence-electron chi connectivity index (χ2n) is 9.40. The fourth-order valence-electron chi connectivity index (χ4n) is 3.37. The summed E-state index contributed by atoms with van der Waals surface area (Å²) in [5, 5.41) is 4.95.